The van der Waals surface area contributed by atoms with Gasteiger partial charge in [0, 0.05) is 36.7 Å². The first-order valence-corrected chi connectivity index (χ1v) is 8.31. The lowest BCUT2D eigenvalue weighted by atomic mass is 10.1. The SMILES string of the molecule is CN1CCN(c2ccccc2)c2ccc(N3CCOC3=O)cc2C1. The summed E-state index contributed by atoms with van der Waals surface area (Å²) in [6, 6.07) is 16.7. The summed E-state index contributed by atoms with van der Waals surface area (Å²) in [7, 11) is 2.13. The second-order valence-corrected chi connectivity index (χ2v) is 6.30. The van der Waals surface area contributed by atoms with Gasteiger partial charge in [-0.25, -0.2) is 4.79 Å². The Morgan fingerprint density at radius 3 is 2.50 bits per heavy atom. The van der Waals surface area contributed by atoms with Gasteiger partial charge in [0.15, 0.2) is 0 Å². The summed E-state index contributed by atoms with van der Waals surface area (Å²) >= 11 is 0. The fourth-order valence-corrected chi connectivity index (χ4v) is 3.39. The van der Waals surface area contributed by atoms with E-state index in [1.165, 1.54) is 16.9 Å². The highest BCUT2D eigenvalue weighted by Gasteiger charge is 2.26. The molecule has 2 aliphatic rings. The van der Waals surface area contributed by atoms with Gasteiger partial charge in [0.05, 0.1) is 6.54 Å². The van der Waals surface area contributed by atoms with E-state index in [4.69, 9.17) is 4.74 Å². The number of rotatable bonds is 2. The van der Waals surface area contributed by atoms with Gasteiger partial charge in [0.25, 0.3) is 0 Å². The summed E-state index contributed by atoms with van der Waals surface area (Å²) in [5, 5.41) is 0. The number of benzene rings is 2. The van der Waals surface area contributed by atoms with E-state index in [0.717, 1.165) is 25.3 Å². The Balaban J connectivity index is 1.74. The van der Waals surface area contributed by atoms with Crippen molar-refractivity contribution in [1.82, 2.24) is 4.90 Å². The van der Waals surface area contributed by atoms with Gasteiger partial charge in [-0.1, -0.05) is 18.2 Å². The van der Waals surface area contributed by atoms with Crippen LogP contribution in [0.3, 0.4) is 0 Å². The van der Waals surface area contributed by atoms with Gasteiger partial charge in [-0.3, -0.25) is 4.90 Å². The van der Waals surface area contributed by atoms with Crippen molar-refractivity contribution >= 4 is 23.2 Å². The highest BCUT2D eigenvalue weighted by atomic mass is 16.6. The standard InChI is InChI=1S/C19H21N3O2/c1-20-9-10-21(16-5-3-2-4-6-16)18-8-7-17(13-15(18)14-20)22-11-12-24-19(22)23/h2-8,13H,9-12,14H2,1H3. The predicted molar refractivity (Wildman–Crippen MR) is 94.9 cm³/mol. The molecule has 0 radical (unpaired) electrons. The Morgan fingerprint density at radius 1 is 0.917 bits per heavy atom. The van der Waals surface area contributed by atoms with E-state index >= 15 is 0 Å². The van der Waals surface area contributed by atoms with Crippen molar-refractivity contribution in [2.24, 2.45) is 0 Å². The molecule has 1 fully saturated rings. The third kappa shape index (κ3) is 2.71. The number of fused-ring (bicyclic) bond motifs is 1. The van der Waals surface area contributed by atoms with Gasteiger partial charge in [0.1, 0.15) is 6.61 Å². The molecule has 0 aliphatic carbocycles. The molecule has 0 saturated carbocycles. The van der Waals surface area contributed by atoms with Crippen LogP contribution < -0.4 is 9.80 Å². The van der Waals surface area contributed by atoms with Crippen LogP contribution in [0, 0.1) is 0 Å². The molecule has 4 rings (SSSR count). The first kappa shape index (κ1) is 15.0. The average Bonchev–Trinajstić information content (AvgIpc) is 2.95. The summed E-state index contributed by atoms with van der Waals surface area (Å²) in [4.78, 5) is 18.2. The molecule has 5 heteroatoms. The van der Waals surface area contributed by atoms with Gasteiger partial charge >= 0.3 is 6.09 Å². The molecule has 0 spiro atoms. The Kier molecular flexibility index (Phi) is 3.86. The van der Waals surface area contributed by atoms with Crippen LogP contribution >= 0.6 is 0 Å². The molecule has 1 amide bonds. The smallest absolute Gasteiger partial charge is 0.414 e. The predicted octanol–water partition coefficient (Wildman–Crippen LogP) is 3.23. The quantitative estimate of drug-likeness (QED) is 0.850. The summed E-state index contributed by atoms with van der Waals surface area (Å²) in [5.74, 6) is 0. The van der Waals surface area contributed by atoms with Crippen LogP contribution in [0.15, 0.2) is 48.5 Å². The molecule has 124 valence electrons. The van der Waals surface area contributed by atoms with E-state index in [2.05, 4.69) is 53.2 Å². The highest BCUT2D eigenvalue weighted by molar-refractivity contribution is 5.90. The molecule has 2 aliphatic heterocycles. The molecule has 0 unspecified atom stereocenters. The molecule has 24 heavy (non-hydrogen) atoms. The lowest BCUT2D eigenvalue weighted by molar-refractivity contribution is 0.181. The summed E-state index contributed by atoms with van der Waals surface area (Å²) in [6.45, 7) is 3.89. The molecule has 0 aromatic heterocycles. The average molecular weight is 323 g/mol. The lowest BCUT2D eigenvalue weighted by Crippen LogP contribution is -2.26. The summed E-state index contributed by atoms with van der Waals surface area (Å²) < 4.78 is 5.07. The van der Waals surface area contributed by atoms with Crippen molar-refractivity contribution in [2.75, 3.05) is 43.1 Å². The van der Waals surface area contributed by atoms with Crippen molar-refractivity contribution in [2.45, 2.75) is 6.54 Å². The van der Waals surface area contributed by atoms with E-state index in [0.29, 0.717) is 13.2 Å². The number of amides is 1. The fourth-order valence-electron chi connectivity index (χ4n) is 3.39. The molecule has 0 bridgehead atoms. The van der Waals surface area contributed by atoms with Crippen molar-refractivity contribution in [3.63, 3.8) is 0 Å². The number of anilines is 3. The maximum atomic E-state index is 11.8. The lowest BCUT2D eigenvalue weighted by Gasteiger charge is -2.25. The number of cyclic esters (lactones) is 1. The Hall–Kier alpha value is -2.53. The Bertz CT molecular complexity index is 748. The van der Waals surface area contributed by atoms with E-state index in [9.17, 15) is 4.79 Å². The molecule has 1 saturated heterocycles. The maximum absolute atomic E-state index is 11.8. The first-order valence-electron chi connectivity index (χ1n) is 8.31. The zero-order valence-corrected chi connectivity index (χ0v) is 13.8. The minimum atomic E-state index is -0.253. The van der Waals surface area contributed by atoms with Gasteiger partial charge < -0.3 is 14.5 Å². The van der Waals surface area contributed by atoms with Crippen LogP contribution in [0.25, 0.3) is 0 Å². The largest absolute Gasteiger partial charge is 0.447 e. The summed E-state index contributed by atoms with van der Waals surface area (Å²) in [5.41, 5.74) is 4.56. The molecular formula is C19H21N3O2. The summed E-state index contributed by atoms with van der Waals surface area (Å²) in [6.07, 6.45) is -0.253. The molecule has 2 aromatic rings. The minimum absolute atomic E-state index is 0.253. The molecule has 0 N–H and O–H groups in total. The minimum Gasteiger partial charge on any atom is -0.447 e. The number of ether oxygens (including phenoxy) is 1. The van der Waals surface area contributed by atoms with Crippen LogP contribution in [0.1, 0.15) is 5.56 Å². The Morgan fingerprint density at radius 2 is 1.75 bits per heavy atom. The van der Waals surface area contributed by atoms with Crippen molar-refractivity contribution in [1.29, 1.82) is 0 Å². The van der Waals surface area contributed by atoms with Gasteiger partial charge in [-0.05, 0) is 42.9 Å². The molecule has 2 aromatic carbocycles. The normalized spacial score (nSPS) is 18.3. The molecule has 0 atom stereocenters. The van der Waals surface area contributed by atoms with E-state index in [1.54, 1.807) is 4.90 Å². The zero-order valence-electron chi connectivity index (χ0n) is 13.8. The van der Waals surface area contributed by atoms with Crippen LogP contribution in [-0.4, -0.2) is 44.3 Å². The van der Waals surface area contributed by atoms with Crippen molar-refractivity contribution < 1.29 is 9.53 Å². The third-order valence-corrected chi connectivity index (χ3v) is 4.64. The van der Waals surface area contributed by atoms with Crippen LogP contribution in [0.5, 0.6) is 0 Å². The topological polar surface area (TPSA) is 36.0 Å². The van der Waals surface area contributed by atoms with Crippen LogP contribution in [-0.2, 0) is 11.3 Å². The number of para-hydroxylation sites is 1. The number of carbonyl (C=O) groups excluding carboxylic acids is 1. The van der Waals surface area contributed by atoms with Crippen LogP contribution in [0.2, 0.25) is 0 Å². The monoisotopic (exact) mass is 323 g/mol. The maximum Gasteiger partial charge on any atom is 0.414 e. The van der Waals surface area contributed by atoms with E-state index in [-0.39, 0.29) is 6.09 Å². The number of likely N-dealkylation sites (N-methyl/N-ethyl adjacent to an activating group) is 1. The van der Waals surface area contributed by atoms with Gasteiger partial charge in [-0.15, -0.1) is 0 Å². The van der Waals surface area contributed by atoms with Crippen molar-refractivity contribution in [3.05, 3.63) is 54.1 Å². The fraction of sp³-hybridized carbons (Fsp3) is 0.316. The number of hydrogen-bond acceptors (Lipinski definition) is 4. The number of nitrogens with zero attached hydrogens (tertiary/aromatic N) is 3. The Labute approximate surface area is 142 Å². The molecular weight excluding hydrogens is 302 g/mol. The third-order valence-electron chi connectivity index (χ3n) is 4.64. The highest BCUT2D eigenvalue weighted by Crippen LogP contribution is 2.34. The van der Waals surface area contributed by atoms with E-state index < -0.39 is 0 Å². The second-order valence-electron chi connectivity index (χ2n) is 6.30. The van der Waals surface area contributed by atoms with Crippen LogP contribution in [0.4, 0.5) is 21.9 Å². The van der Waals surface area contributed by atoms with Gasteiger partial charge in [0.2, 0.25) is 0 Å². The number of carbonyl (C=O) groups is 1. The first-order chi connectivity index (χ1) is 11.7. The second kappa shape index (κ2) is 6.17. The van der Waals surface area contributed by atoms with E-state index in [1.807, 2.05) is 12.1 Å². The number of hydrogen-bond donors (Lipinski definition) is 0. The molecule has 5 nitrogen and oxygen atoms in total. The van der Waals surface area contributed by atoms with Crippen molar-refractivity contribution in [3.8, 4) is 0 Å². The zero-order chi connectivity index (χ0) is 16.5. The van der Waals surface area contributed by atoms with Gasteiger partial charge in [-0.2, -0.15) is 0 Å². The molecule has 2 heterocycles.